The van der Waals surface area contributed by atoms with Crippen molar-refractivity contribution >= 4 is 40.2 Å². The Kier molecular flexibility index (Phi) is 5.34. The topological polar surface area (TPSA) is 88.0 Å². The molecular formula is C19H16ClN3O3. The number of carbonyl (C=O) groups excluding carboxylic acids is 1. The van der Waals surface area contributed by atoms with Gasteiger partial charge >= 0.3 is 0 Å². The number of nitro groups is 1. The van der Waals surface area contributed by atoms with Gasteiger partial charge in [0, 0.05) is 46.9 Å². The lowest BCUT2D eigenvalue weighted by atomic mass is 10.1. The number of halogens is 1. The molecule has 0 unspecified atom stereocenters. The highest BCUT2D eigenvalue weighted by Crippen LogP contribution is 2.22. The van der Waals surface area contributed by atoms with Gasteiger partial charge in [-0.2, -0.15) is 0 Å². The van der Waals surface area contributed by atoms with E-state index in [1.807, 2.05) is 24.4 Å². The number of aromatic nitrogens is 1. The third-order valence-corrected chi connectivity index (χ3v) is 4.19. The van der Waals surface area contributed by atoms with Crippen molar-refractivity contribution in [3.8, 4) is 0 Å². The molecule has 6 nitrogen and oxygen atoms in total. The van der Waals surface area contributed by atoms with Crippen LogP contribution in [0.15, 0.2) is 54.7 Å². The first kappa shape index (κ1) is 17.7. The number of H-pyrrole nitrogens is 1. The molecular weight excluding hydrogens is 354 g/mol. The van der Waals surface area contributed by atoms with E-state index in [1.54, 1.807) is 18.2 Å². The first-order valence-electron chi connectivity index (χ1n) is 7.99. The summed E-state index contributed by atoms with van der Waals surface area (Å²) < 4.78 is 0. The Balaban J connectivity index is 1.53. The van der Waals surface area contributed by atoms with Crippen molar-refractivity contribution in [2.45, 2.75) is 6.42 Å². The largest absolute Gasteiger partial charge is 0.361 e. The van der Waals surface area contributed by atoms with Crippen LogP contribution in [0.3, 0.4) is 0 Å². The molecule has 132 valence electrons. The lowest BCUT2D eigenvalue weighted by Gasteiger charge is -2.02. The summed E-state index contributed by atoms with van der Waals surface area (Å²) in [5.41, 5.74) is 2.83. The molecule has 0 saturated heterocycles. The number of rotatable bonds is 6. The summed E-state index contributed by atoms with van der Waals surface area (Å²) in [4.78, 5) is 25.2. The van der Waals surface area contributed by atoms with E-state index in [2.05, 4.69) is 10.3 Å². The van der Waals surface area contributed by atoms with Crippen LogP contribution in [0.5, 0.6) is 0 Å². The number of hydrogen-bond donors (Lipinski definition) is 2. The van der Waals surface area contributed by atoms with Crippen molar-refractivity contribution in [1.82, 2.24) is 10.3 Å². The first-order valence-corrected chi connectivity index (χ1v) is 8.36. The molecule has 0 aliphatic carbocycles. The maximum atomic E-state index is 11.9. The Morgan fingerprint density at radius 1 is 1.23 bits per heavy atom. The number of nitrogens with one attached hydrogen (secondary N) is 2. The van der Waals surface area contributed by atoms with Gasteiger partial charge in [0.25, 0.3) is 5.69 Å². The zero-order chi connectivity index (χ0) is 18.5. The zero-order valence-electron chi connectivity index (χ0n) is 13.7. The summed E-state index contributed by atoms with van der Waals surface area (Å²) >= 11 is 6.03. The summed E-state index contributed by atoms with van der Waals surface area (Å²) in [6, 6.07) is 11.6. The number of non-ortho nitro benzene ring substituents is 1. The van der Waals surface area contributed by atoms with Gasteiger partial charge in [0.1, 0.15) is 0 Å². The Hall–Kier alpha value is -3.12. The lowest BCUT2D eigenvalue weighted by Crippen LogP contribution is -2.23. The highest BCUT2D eigenvalue weighted by molar-refractivity contribution is 6.31. The number of nitro benzene ring substituents is 1. The minimum Gasteiger partial charge on any atom is -0.361 e. The normalized spacial score (nSPS) is 11.1. The van der Waals surface area contributed by atoms with Crippen LogP contribution >= 0.6 is 11.6 Å². The van der Waals surface area contributed by atoms with Crippen LogP contribution in [0.1, 0.15) is 11.1 Å². The third kappa shape index (κ3) is 4.29. The molecule has 2 aromatic carbocycles. The molecule has 7 heteroatoms. The summed E-state index contributed by atoms with van der Waals surface area (Å²) in [6.07, 6.45) is 5.62. The Morgan fingerprint density at radius 3 is 2.73 bits per heavy atom. The highest BCUT2D eigenvalue weighted by Gasteiger charge is 2.05. The van der Waals surface area contributed by atoms with Crippen LogP contribution in [0.2, 0.25) is 5.02 Å². The number of nitrogens with zero attached hydrogens (tertiary/aromatic N) is 1. The average molecular weight is 370 g/mol. The van der Waals surface area contributed by atoms with Crippen molar-refractivity contribution in [2.75, 3.05) is 6.54 Å². The second-order valence-corrected chi connectivity index (χ2v) is 6.16. The van der Waals surface area contributed by atoms with E-state index in [1.165, 1.54) is 18.2 Å². The van der Waals surface area contributed by atoms with Crippen LogP contribution in [0.25, 0.3) is 17.0 Å². The number of amides is 1. The molecule has 3 aromatic rings. The zero-order valence-corrected chi connectivity index (χ0v) is 14.5. The van der Waals surface area contributed by atoms with Gasteiger partial charge < -0.3 is 10.3 Å². The number of hydrogen-bond acceptors (Lipinski definition) is 3. The van der Waals surface area contributed by atoms with Crippen LogP contribution in [-0.2, 0) is 11.2 Å². The SMILES string of the molecule is O=C(/C=C/c1ccc([N+](=O)[O-])cc1)NCCc1c[nH]c2ccc(Cl)cc12. The van der Waals surface area contributed by atoms with Crippen molar-refractivity contribution in [2.24, 2.45) is 0 Å². The first-order chi connectivity index (χ1) is 12.5. The molecule has 0 aliphatic rings. The molecule has 2 N–H and O–H groups in total. The van der Waals surface area contributed by atoms with Gasteiger partial charge in [-0.05, 0) is 54.0 Å². The van der Waals surface area contributed by atoms with Gasteiger partial charge in [-0.1, -0.05) is 11.6 Å². The van der Waals surface area contributed by atoms with Crippen LogP contribution < -0.4 is 5.32 Å². The van der Waals surface area contributed by atoms with E-state index in [-0.39, 0.29) is 11.6 Å². The predicted molar refractivity (Wildman–Crippen MR) is 102 cm³/mol. The van der Waals surface area contributed by atoms with Crippen molar-refractivity contribution in [1.29, 1.82) is 0 Å². The highest BCUT2D eigenvalue weighted by atomic mass is 35.5. The molecule has 0 saturated carbocycles. The summed E-state index contributed by atoms with van der Waals surface area (Å²) in [5.74, 6) is -0.221. The van der Waals surface area contributed by atoms with Gasteiger partial charge in [-0.25, -0.2) is 0 Å². The molecule has 1 aromatic heterocycles. The Bertz CT molecular complexity index is 977. The molecule has 1 heterocycles. The van der Waals surface area contributed by atoms with E-state index in [9.17, 15) is 14.9 Å². The molecule has 0 atom stereocenters. The molecule has 26 heavy (non-hydrogen) atoms. The number of aromatic amines is 1. The molecule has 0 bridgehead atoms. The number of benzene rings is 2. The molecule has 3 rings (SSSR count). The van der Waals surface area contributed by atoms with Crippen LogP contribution in [-0.4, -0.2) is 22.4 Å². The fourth-order valence-electron chi connectivity index (χ4n) is 2.62. The standard InChI is InChI=1S/C19H16ClN3O3/c20-15-4-7-18-17(11-15)14(12-22-18)9-10-21-19(24)8-3-13-1-5-16(6-2-13)23(25)26/h1-8,11-12,22H,9-10H2,(H,21,24)/b8-3+. The molecule has 0 aliphatic heterocycles. The second kappa shape index (κ2) is 7.84. The summed E-state index contributed by atoms with van der Waals surface area (Å²) in [5, 5.41) is 15.2. The fourth-order valence-corrected chi connectivity index (χ4v) is 2.79. The monoisotopic (exact) mass is 369 g/mol. The maximum Gasteiger partial charge on any atom is 0.269 e. The number of carbonyl (C=O) groups is 1. The van der Waals surface area contributed by atoms with E-state index in [4.69, 9.17) is 11.6 Å². The van der Waals surface area contributed by atoms with Crippen molar-refractivity contribution < 1.29 is 9.72 Å². The molecule has 1 amide bonds. The average Bonchev–Trinajstić information content (AvgIpc) is 3.02. The van der Waals surface area contributed by atoms with E-state index < -0.39 is 4.92 Å². The Morgan fingerprint density at radius 2 is 2.00 bits per heavy atom. The van der Waals surface area contributed by atoms with Crippen LogP contribution in [0, 0.1) is 10.1 Å². The maximum absolute atomic E-state index is 11.9. The quantitative estimate of drug-likeness (QED) is 0.389. The van der Waals surface area contributed by atoms with Crippen molar-refractivity contribution in [3.63, 3.8) is 0 Å². The van der Waals surface area contributed by atoms with Crippen molar-refractivity contribution in [3.05, 3.63) is 81.0 Å². The Labute approximate surface area is 154 Å². The van der Waals surface area contributed by atoms with Gasteiger partial charge in [0.15, 0.2) is 0 Å². The lowest BCUT2D eigenvalue weighted by molar-refractivity contribution is -0.384. The summed E-state index contributed by atoms with van der Waals surface area (Å²) in [7, 11) is 0. The molecule has 0 fully saturated rings. The molecule has 0 radical (unpaired) electrons. The predicted octanol–water partition coefficient (Wildman–Crippen LogP) is 4.10. The van der Waals surface area contributed by atoms with Gasteiger partial charge in [0.2, 0.25) is 5.91 Å². The fraction of sp³-hybridized carbons (Fsp3) is 0.105. The van der Waals surface area contributed by atoms with Gasteiger partial charge in [-0.15, -0.1) is 0 Å². The summed E-state index contributed by atoms with van der Waals surface area (Å²) in [6.45, 7) is 0.489. The van der Waals surface area contributed by atoms with Crippen LogP contribution in [0.4, 0.5) is 5.69 Å². The number of fused-ring (bicyclic) bond motifs is 1. The minimum absolute atomic E-state index is 0.0189. The molecule has 0 spiro atoms. The third-order valence-electron chi connectivity index (χ3n) is 3.95. The van der Waals surface area contributed by atoms with Gasteiger partial charge in [-0.3, -0.25) is 14.9 Å². The van der Waals surface area contributed by atoms with E-state index in [0.29, 0.717) is 18.0 Å². The van der Waals surface area contributed by atoms with E-state index >= 15 is 0 Å². The second-order valence-electron chi connectivity index (χ2n) is 5.73. The minimum atomic E-state index is -0.460. The van der Waals surface area contributed by atoms with Gasteiger partial charge in [0.05, 0.1) is 4.92 Å². The van der Waals surface area contributed by atoms with E-state index in [0.717, 1.165) is 22.0 Å². The smallest absolute Gasteiger partial charge is 0.269 e.